The molecule has 0 saturated heterocycles. The highest BCUT2D eigenvalue weighted by atomic mass is 16.1. The highest BCUT2D eigenvalue weighted by molar-refractivity contribution is 6.05. The third kappa shape index (κ3) is 4.72. The first-order valence-corrected chi connectivity index (χ1v) is 12.1. The molecule has 2 aromatic heterocycles. The minimum absolute atomic E-state index is 0.102. The Kier molecular flexibility index (Phi) is 7.06. The van der Waals surface area contributed by atoms with Crippen LogP contribution in [0.4, 0.5) is 0 Å². The zero-order valence-corrected chi connectivity index (χ0v) is 20.2. The molecule has 2 heterocycles. The number of ketones is 1. The molecule has 0 bridgehead atoms. The largest absolute Gasteiger partial charge is 0.339 e. The van der Waals surface area contributed by atoms with Crippen molar-refractivity contribution in [3.8, 4) is 11.3 Å². The van der Waals surface area contributed by atoms with E-state index in [2.05, 4.69) is 45.9 Å². The van der Waals surface area contributed by atoms with Crippen LogP contribution < -0.4 is 5.56 Å². The summed E-state index contributed by atoms with van der Waals surface area (Å²) in [5, 5.41) is 4.48. The monoisotopic (exact) mass is 456 g/mol. The molecular weight excluding hydrogens is 424 g/mol. The summed E-state index contributed by atoms with van der Waals surface area (Å²) in [4.78, 5) is 33.8. The van der Waals surface area contributed by atoms with Gasteiger partial charge in [0.25, 0.3) is 5.56 Å². The van der Waals surface area contributed by atoms with Gasteiger partial charge in [0.05, 0.1) is 17.0 Å². The van der Waals surface area contributed by atoms with Crippen LogP contribution in [0.15, 0.2) is 58.3 Å². The van der Waals surface area contributed by atoms with Gasteiger partial charge in [-0.25, -0.2) is 0 Å². The standard InChI is InChI=1S/C28H32N4O2/c1-5-22(29-17-18(3)4)27-26(24(33)6-2)28-30-23(16-25(34)32(28)31-27)21-14-12-20(13-15-21)19-10-8-7-9-11-19/h5,12-17,19,30H,3,6-11H2,1-2,4H3/b22-5-,29-17-. The normalized spacial score (nSPS) is 15.3. The molecule has 6 heteroatoms. The molecule has 3 aromatic rings. The first-order valence-electron chi connectivity index (χ1n) is 12.1. The van der Waals surface area contributed by atoms with Crippen LogP contribution >= 0.6 is 0 Å². The van der Waals surface area contributed by atoms with Crippen LogP contribution in [0.2, 0.25) is 0 Å². The van der Waals surface area contributed by atoms with Gasteiger partial charge in [0.2, 0.25) is 0 Å². The van der Waals surface area contributed by atoms with Crippen molar-refractivity contribution in [1.29, 1.82) is 0 Å². The van der Waals surface area contributed by atoms with Gasteiger partial charge >= 0.3 is 0 Å². The van der Waals surface area contributed by atoms with Crippen LogP contribution in [0.3, 0.4) is 0 Å². The van der Waals surface area contributed by atoms with E-state index in [4.69, 9.17) is 0 Å². The van der Waals surface area contributed by atoms with Crippen LogP contribution in [0, 0.1) is 0 Å². The maximum Gasteiger partial charge on any atom is 0.274 e. The van der Waals surface area contributed by atoms with E-state index >= 15 is 0 Å². The number of carbonyl (C=O) groups is 1. The predicted molar refractivity (Wildman–Crippen MR) is 139 cm³/mol. The maximum atomic E-state index is 13.0. The molecule has 0 spiro atoms. The van der Waals surface area contributed by atoms with E-state index in [0.717, 1.165) is 11.1 Å². The van der Waals surface area contributed by atoms with Crippen molar-refractivity contribution >= 4 is 23.3 Å². The number of nitrogens with one attached hydrogen (secondary N) is 1. The fourth-order valence-electron chi connectivity index (χ4n) is 4.64. The third-order valence-electron chi connectivity index (χ3n) is 6.45. The molecule has 0 atom stereocenters. The van der Waals surface area contributed by atoms with E-state index in [9.17, 15) is 9.59 Å². The lowest BCUT2D eigenvalue weighted by Crippen LogP contribution is -2.15. The molecule has 34 heavy (non-hydrogen) atoms. The Morgan fingerprint density at radius 1 is 1.24 bits per heavy atom. The number of aromatic nitrogens is 3. The molecule has 4 rings (SSSR count). The summed E-state index contributed by atoms with van der Waals surface area (Å²) in [6.45, 7) is 9.31. The molecule has 1 saturated carbocycles. The molecule has 0 aliphatic heterocycles. The SMILES string of the molecule is C=C(C)/C=N\C(=C/C)c1nn2c(=O)cc(-c3ccc(C4CCCCC4)cc3)[nH]c2c1C(=O)CC. The van der Waals surface area contributed by atoms with E-state index in [-0.39, 0.29) is 17.8 Å². The Hall–Kier alpha value is -3.54. The lowest BCUT2D eigenvalue weighted by molar-refractivity contribution is 0.0989. The molecule has 1 aliphatic carbocycles. The fourth-order valence-corrected chi connectivity index (χ4v) is 4.64. The van der Waals surface area contributed by atoms with E-state index in [1.807, 2.05) is 13.8 Å². The molecule has 1 fully saturated rings. The number of hydrogen-bond donors (Lipinski definition) is 1. The molecule has 6 nitrogen and oxygen atoms in total. The zero-order valence-electron chi connectivity index (χ0n) is 20.2. The summed E-state index contributed by atoms with van der Waals surface area (Å²) in [5.74, 6) is 0.518. The van der Waals surface area contributed by atoms with Gasteiger partial charge in [-0.15, -0.1) is 0 Å². The highest BCUT2D eigenvalue weighted by Crippen LogP contribution is 2.33. The van der Waals surface area contributed by atoms with Crippen LogP contribution in [-0.2, 0) is 0 Å². The minimum Gasteiger partial charge on any atom is -0.339 e. The summed E-state index contributed by atoms with van der Waals surface area (Å²) < 4.78 is 1.26. The summed E-state index contributed by atoms with van der Waals surface area (Å²) in [7, 11) is 0. The van der Waals surface area contributed by atoms with E-state index in [1.165, 1.54) is 48.2 Å². The second-order valence-electron chi connectivity index (χ2n) is 9.02. The molecule has 1 aliphatic rings. The van der Waals surface area contributed by atoms with Crippen molar-refractivity contribution in [3.05, 3.63) is 75.7 Å². The van der Waals surface area contributed by atoms with Crippen LogP contribution in [0.25, 0.3) is 22.6 Å². The van der Waals surface area contributed by atoms with Gasteiger partial charge in [-0.3, -0.25) is 14.6 Å². The van der Waals surface area contributed by atoms with Gasteiger partial charge in [0.1, 0.15) is 11.3 Å². The van der Waals surface area contributed by atoms with Crippen molar-refractivity contribution in [2.24, 2.45) is 4.99 Å². The van der Waals surface area contributed by atoms with Crippen LogP contribution in [-0.4, -0.2) is 26.6 Å². The van der Waals surface area contributed by atoms with Crippen molar-refractivity contribution < 1.29 is 4.79 Å². The number of benzene rings is 1. The lowest BCUT2D eigenvalue weighted by Gasteiger charge is -2.22. The lowest BCUT2D eigenvalue weighted by atomic mass is 9.84. The number of hydrogen-bond acceptors (Lipinski definition) is 4. The topological polar surface area (TPSA) is 79.6 Å². The van der Waals surface area contributed by atoms with Crippen molar-refractivity contribution in [2.45, 2.75) is 65.2 Å². The predicted octanol–water partition coefficient (Wildman–Crippen LogP) is 6.34. The molecule has 176 valence electrons. The van der Waals surface area contributed by atoms with Gasteiger partial charge in [-0.2, -0.15) is 9.61 Å². The number of H-pyrrole nitrogens is 1. The fraction of sp³-hybridized carbons (Fsp3) is 0.357. The number of Topliss-reactive ketones (excluding diaryl/α,β-unsaturated/α-hetero) is 1. The molecule has 0 unspecified atom stereocenters. The van der Waals surface area contributed by atoms with E-state index in [0.29, 0.717) is 34.2 Å². The summed E-state index contributed by atoms with van der Waals surface area (Å²) >= 11 is 0. The molecule has 1 N–H and O–H groups in total. The molecule has 1 aromatic carbocycles. The number of aromatic amines is 1. The molecular formula is C28H32N4O2. The number of allylic oxidation sites excluding steroid dienone is 2. The van der Waals surface area contributed by atoms with Gasteiger partial charge in [0, 0.05) is 18.7 Å². The van der Waals surface area contributed by atoms with E-state index < -0.39 is 0 Å². The first-order chi connectivity index (χ1) is 16.4. The average molecular weight is 457 g/mol. The minimum atomic E-state index is -0.296. The van der Waals surface area contributed by atoms with Crippen LogP contribution in [0.5, 0.6) is 0 Å². The van der Waals surface area contributed by atoms with Crippen molar-refractivity contribution in [2.75, 3.05) is 0 Å². The summed E-state index contributed by atoms with van der Waals surface area (Å²) in [6.07, 6.45) is 10.1. The summed E-state index contributed by atoms with van der Waals surface area (Å²) in [6, 6.07) is 9.97. The Bertz CT molecular complexity index is 1330. The van der Waals surface area contributed by atoms with Gasteiger partial charge < -0.3 is 4.98 Å². The Balaban J connectivity index is 1.81. The zero-order chi connectivity index (χ0) is 24.2. The van der Waals surface area contributed by atoms with E-state index in [1.54, 1.807) is 19.2 Å². The average Bonchev–Trinajstić information content (AvgIpc) is 3.24. The number of rotatable bonds is 7. The maximum absolute atomic E-state index is 13.0. The Morgan fingerprint density at radius 2 is 1.94 bits per heavy atom. The van der Waals surface area contributed by atoms with Crippen molar-refractivity contribution in [1.82, 2.24) is 14.6 Å². The van der Waals surface area contributed by atoms with Gasteiger partial charge in [-0.05, 0) is 49.3 Å². The summed E-state index contributed by atoms with van der Waals surface area (Å²) in [5.41, 5.74) is 5.10. The van der Waals surface area contributed by atoms with Crippen molar-refractivity contribution in [3.63, 3.8) is 0 Å². The Labute approximate surface area is 200 Å². The highest BCUT2D eigenvalue weighted by Gasteiger charge is 2.23. The number of aliphatic imine (C=N–C) groups is 1. The third-order valence-corrected chi connectivity index (χ3v) is 6.45. The van der Waals surface area contributed by atoms with Gasteiger partial charge in [0.15, 0.2) is 5.78 Å². The number of fused-ring (bicyclic) bond motifs is 1. The Morgan fingerprint density at radius 3 is 2.56 bits per heavy atom. The second-order valence-corrected chi connectivity index (χ2v) is 9.02. The molecule has 0 amide bonds. The first kappa shape index (κ1) is 23.6. The number of carbonyl (C=O) groups excluding carboxylic acids is 1. The number of nitrogens with zero attached hydrogens (tertiary/aromatic N) is 3. The van der Waals surface area contributed by atoms with Gasteiger partial charge in [-0.1, -0.05) is 63.1 Å². The van der Waals surface area contributed by atoms with Crippen LogP contribution in [0.1, 0.15) is 86.8 Å². The second kappa shape index (κ2) is 10.2. The molecule has 0 radical (unpaired) electrons. The smallest absolute Gasteiger partial charge is 0.274 e. The quantitative estimate of drug-likeness (QED) is 0.333.